The Morgan fingerprint density at radius 1 is 1.06 bits per heavy atom. The average molecular weight is 499 g/mol. The monoisotopic (exact) mass is 498 g/mol. The number of hydrogen-bond acceptors (Lipinski definition) is 3. The number of fused-ring (bicyclic) bond motifs is 2. The summed E-state index contributed by atoms with van der Waals surface area (Å²) >= 11 is 12.6. The van der Waals surface area contributed by atoms with Gasteiger partial charge in [-0.05, 0) is 59.5 Å². The normalized spacial score (nSPS) is 24.1. The van der Waals surface area contributed by atoms with Gasteiger partial charge in [0.25, 0.3) is 0 Å². The molecule has 3 aromatic carbocycles. The summed E-state index contributed by atoms with van der Waals surface area (Å²) in [5, 5.41) is 13.7. The van der Waals surface area contributed by atoms with Gasteiger partial charge >= 0.3 is 5.97 Å². The van der Waals surface area contributed by atoms with Gasteiger partial charge in [-0.2, -0.15) is 0 Å². The molecular formula is C26H21Cl2FN2O3. The van der Waals surface area contributed by atoms with Gasteiger partial charge in [0.1, 0.15) is 11.2 Å². The molecule has 174 valence electrons. The quantitative estimate of drug-likeness (QED) is 0.488. The van der Waals surface area contributed by atoms with E-state index in [1.54, 1.807) is 35.2 Å². The fraction of sp³-hybridized carbons (Fsp3) is 0.231. The zero-order chi connectivity index (χ0) is 24.0. The lowest BCUT2D eigenvalue weighted by atomic mass is 9.58. The van der Waals surface area contributed by atoms with Crippen LogP contribution in [0.5, 0.6) is 0 Å². The minimum Gasteiger partial charge on any atom is -0.480 e. The van der Waals surface area contributed by atoms with Crippen molar-refractivity contribution in [3.63, 3.8) is 0 Å². The fourth-order valence-corrected chi connectivity index (χ4v) is 6.09. The molecule has 1 fully saturated rings. The van der Waals surface area contributed by atoms with E-state index in [1.165, 1.54) is 12.1 Å². The SMILES string of the molecule is O=C(O)CN1CC[C@@H](c2cccc(Cl)c2)[C@]2(C(=O)Nc3cc(Cl)ccc32)[C@H]1c1cccc(F)c1. The second-order valence-electron chi connectivity index (χ2n) is 8.73. The molecule has 3 atom stereocenters. The number of nitrogens with zero attached hydrogens (tertiary/aromatic N) is 1. The summed E-state index contributed by atoms with van der Waals surface area (Å²) in [7, 11) is 0. The van der Waals surface area contributed by atoms with Crippen LogP contribution in [0.2, 0.25) is 10.0 Å². The number of anilines is 1. The zero-order valence-corrected chi connectivity index (χ0v) is 19.5. The Kier molecular flexibility index (Phi) is 5.84. The molecule has 1 amide bonds. The lowest BCUT2D eigenvalue weighted by Crippen LogP contribution is -2.57. The van der Waals surface area contributed by atoms with Crippen LogP contribution in [-0.2, 0) is 15.0 Å². The van der Waals surface area contributed by atoms with Crippen LogP contribution in [-0.4, -0.2) is 35.0 Å². The van der Waals surface area contributed by atoms with Gasteiger partial charge in [0, 0.05) is 28.2 Å². The van der Waals surface area contributed by atoms with Crippen LogP contribution < -0.4 is 5.32 Å². The number of rotatable bonds is 4. The zero-order valence-electron chi connectivity index (χ0n) is 18.0. The summed E-state index contributed by atoms with van der Waals surface area (Å²) in [5.74, 6) is -2.10. The minimum atomic E-state index is -1.23. The summed E-state index contributed by atoms with van der Waals surface area (Å²) in [6.45, 7) is 0.115. The summed E-state index contributed by atoms with van der Waals surface area (Å²) < 4.78 is 14.4. The Morgan fingerprint density at radius 2 is 1.79 bits per heavy atom. The molecule has 2 N–H and O–H groups in total. The first kappa shape index (κ1) is 22.8. The topological polar surface area (TPSA) is 69.6 Å². The Bertz CT molecular complexity index is 1300. The van der Waals surface area contributed by atoms with E-state index in [9.17, 15) is 19.1 Å². The van der Waals surface area contributed by atoms with E-state index in [1.807, 2.05) is 24.3 Å². The number of amides is 1. The van der Waals surface area contributed by atoms with E-state index >= 15 is 0 Å². The number of carbonyl (C=O) groups excluding carboxylic acids is 1. The molecule has 2 heterocycles. The number of halogens is 3. The van der Waals surface area contributed by atoms with Crippen molar-refractivity contribution in [1.29, 1.82) is 0 Å². The van der Waals surface area contributed by atoms with Crippen molar-refractivity contribution >= 4 is 40.8 Å². The van der Waals surface area contributed by atoms with Gasteiger partial charge in [-0.25, -0.2) is 4.39 Å². The largest absolute Gasteiger partial charge is 0.480 e. The molecule has 0 saturated carbocycles. The number of hydrogen-bond donors (Lipinski definition) is 2. The number of nitrogens with one attached hydrogen (secondary N) is 1. The van der Waals surface area contributed by atoms with E-state index in [-0.39, 0.29) is 18.4 Å². The molecule has 3 aromatic rings. The number of carboxylic acid groups (broad SMARTS) is 1. The van der Waals surface area contributed by atoms with Crippen molar-refractivity contribution in [3.05, 3.63) is 99.3 Å². The van der Waals surface area contributed by atoms with E-state index in [4.69, 9.17) is 23.2 Å². The number of likely N-dealkylation sites (tertiary alicyclic amines) is 1. The molecule has 34 heavy (non-hydrogen) atoms. The predicted molar refractivity (Wildman–Crippen MR) is 129 cm³/mol. The molecule has 2 aliphatic rings. The van der Waals surface area contributed by atoms with Gasteiger partial charge in [-0.1, -0.05) is 53.5 Å². The second kappa shape index (κ2) is 8.69. The fourth-order valence-electron chi connectivity index (χ4n) is 5.72. The second-order valence-corrected chi connectivity index (χ2v) is 9.60. The minimum absolute atomic E-state index is 0.279. The first-order valence-corrected chi connectivity index (χ1v) is 11.6. The Morgan fingerprint density at radius 3 is 2.53 bits per heavy atom. The highest BCUT2D eigenvalue weighted by atomic mass is 35.5. The third-order valence-electron chi connectivity index (χ3n) is 6.86. The molecular weight excluding hydrogens is 478 g/mol. The molecule has 1 saturated heterocycles. The lowest BCUT2D eigenvalue weighted by Gasteiger charge is -2.51. The third-order valence-corrected chi connectivity index (χ3v) is 7.33. The van der Waals surface area contributed by atoms with Crippen molar-refractivity contribution < 1.29 is 19.1 Å². The van der Waals surface area contributed by atoms with Gasteiger partial charge < -0.3 is 10.4 Å². The highest BCUT2D eigenvalue weighted by molar-refractivity contribution is 6.31. The molecule has 5 rings (SSSR count). The van der Waals surface area contributed by atoms with Gasteiger partial charge in [-0.15, -0.1) is 0 Å². The van der Waals surface area contributed by atoms with Crippen LogP contribution in [0.1, 0.15) is 35.1 Å². The predicted octanol–water partition coefficient (Wildman–Crippen LogP) is 5.64. The molecule has 0 unspecified atom stereocenters. The number of piperidine rings is 1. The maximum atomic E-state index is 14.4. The van der Waals surface area contributed by atoms with Gasteiger partial charge in [0.05, 0.1) is 12.6 Å². The number of benzene rings is 3. The van der Waals surface area contributed by atoms with Crippen LogP contribution in [0.15, 0.2) is 66.7 Å². The van der Waals surface area contributed by atoms with Crippen molar-refractivity contribution in [3.8, 4) is 0 Å². The molecule has 0 bridgehead atoms. The number of aliphatic carboxylic acids is 1. The van der Waals surface area contributed by atoms with Crippen molar-refractivity contribution in [2.75, 3.05) is 18.4 Å². The highest BCUT2D eigenvalue weighted by Crippen LogP contribution is 2.59. The summed E-state index contributed by atoms with van der Waals surface area (Å²) in [6.07, 6.45) is 0.509. The third kappa shape index (κ3) is 3.66. The lowest BCUT2D eigenvalue weighted by molar-refractivity contribution is -0.142. The molecule has 0 aromatic heterocycles. The molecule has 8 heteroatoms. The molecule has 1 spiro atoms. The number of carbonyl (C=O) groups is 2. The van der Waals surface area contributed by atoms with Crippen molar-refractivity contribution in [2.24, 2.45) is 0 Å². The summed E-state index contributed by atoms with van der Waals surface area (Å²) in [5.41, 5.74) is 1.44. The highest BCUT2D eigenvalue weighted by Gasteiger charge is 2.61. The maximum Gasteiger partial charge on any atom is 0.317 e. The van der Waals surface area contributed by atoms with E-state index in [2.05, 4.69) is 5.32 Å². The molecule has 0 radical (unpaired) electrons. The van der Waals surface area contributed by atoms with Gasteiger partial charge in [0.2, 0.25) is 5.91 Å². The van der Waals surface area contributed by atoms with Crippen molar-refractivity contribution in [1.82, 2.24) is 4.90 Å². The van der Waals surface area contributed by atoms with Crippen LogP contribution in [0.4, 0.5) is 10.1 Å². The van der Waals surface area contributed by atoms with Crippen molar-refractivity contribution in [2.45, 2.75) is 23.8 Å². The van der Waals surface area contributed by atoms with Gasteiger partial charge in [-0.3, -0.25) is 14.5 Å². The van der Waals surface area contributed by atoms with E-state index in [0.717, 1.165) is 5.56 Å². The van der Waals surface area contributed by atoms with Crippen LogP contribution in [0, 0.1) is 5.82 Å². The Labute approximate surface area is 206 Å². The number of carboxylic acids is 1. The Balaban J connectivity index is 1.82. The van der Waals surface area contributed by atoms with Gasteiger partial charge in [0.15, 0.2) is 0 Å². The molecule has 2 aliphatic heterocycles. The standard InChI is InChI=1S/C26H21Cl2FN2O3/c27-17-5-1-3-15(11-17)20-9-10-31(14-23(32)33)24(16-4-2-6-19(29)12-16)26(20)21-8-7-18(28)13-22(21)30-25(26)34/h1-8,11-13,20,24H,9-10,14H2,(H,30,34)(H,32,33)/t20-,24+,26+/m0/s1. The molecule has 0 aliphatic carbocycles. The maximum absolute atomic E-state index is 14.4. The Hall–Kier alpha value is -2.93. The average Bonchev–Trinajstić information content (AvgIpc) is 3.04. The van der Waals surface area contributed by atoms with Crippen LogP contribution in [0.25, 0.3) is 0 Å². The smallest absolute Gasteiger partial charge is 0.317 e. The van der Waals surface area contributed by atoms with E-state index < -0.39 is 23.2 Å². The first-order chi connectivity index (χ1) is 16.3. The molecule has 5 nitrogen and oxygen atoms in total. The summed E-state index contributed by atoms with van der Waals surface area (Å²) in [6, 6.07) is 17.9. The first-order valence-electron chi connectivity index (χ1n) is 10.9. The van der Waals surface area contributed by atoms with Crippen LogP contribution >= 0.6 is 23.2 Å². The summed E-state index contributed by atoms with van der Waals surface area (Å²) in [4.78, 5) is 27.6. The van der Waals surface area contributed by atoms with E-state index in [0.29, 0.717) is 39.8 Å². The van der Waals surface area contributed by atoms with Crippen LogP contribution in [0.3, 0.4) is 0 Å².